The van der Waals surface area contributed by atoms with Gasteiger partial charge in [0.25, 0.3) is 0 Å². The molecular formula is C19H25NSn. The summed E-state index contributed by atoms with van der Waals surface area (Å²) >= 11 is -2.02. The second-order valence-electron chi connectivity index (χ2n) is 7.15. The molecule has 21 heavy (non-hydrogen) atoms. The van der Waals surface area contributed by atoms with E-state index in [2.05, 4.69) is 69.6 Å². The number of aromatic nitrogens is 1. The monoisotopic (exact) mass is 387 g/mol. The zero-order chi connectivity index (χ0) is 15.2. The van der Waals surface area contributed by atoms with Crippen LogP contribution in [0.25, 0.3) is 21.8 Å². The molecular weight excluding hydrogens is 361 g/mol. The summed E-state index contributed by atoms with van der Waals surface area (Å²) in [5.74, 6) is 0. The van der Waals surface area contributed by atoms with Crippen LogP contribution < -0.4 is 3.58 Å². The first-order valence-electron chi connectivity index (χ1n) is 7.95. The third-order valence-corrected chi connectivity index (χ3v) is 10.2. The molecule has 0 aliphatic heterocycles. The Kier molecular flexibility index (Phi) is 3.81. The van der Waals surface area contributed by atoms with Gasteiger partial charge < -0.3 is 0 Å². The zero-order valence-corrected chi connectivity index (χ0v) is 16.7. The number of aryl methyl sites for hydroxylation is 2. The van der Waals surface area contributed by atoms with Gasteiger partial charge in [0.2, 0.25) is 0 Å². The molecule has 3 rings (SSSR count). The third-order valence-electron chi connectivity index (χ3n) is 4.34. The fourth-order valence-corrected chi connectivity index (χ4v) is 6.43. The number of fused-ring (bicyclic) bond motifs is 3. The van der Waals surface area contributed by atoms with E-state index in [1.807, 2.05) is 0 Å². The first-order valence-corrected chi connectivity index (χ1v) is 17.9. The van der Waals surface area contributed by atoms with Gasteiger partial charge in [0, 0.05) is 0 Å². The van der Waals surface area contributed by atoms with E-state index in [4.69, 9.17) is 0 Å². The summed E-state index contributed by atoms with van der Waals surface area (Å²) in [4.78, 5) is 7.48. The van der Waals surface area contributed by atoms with Crippen LogP contribution in [0.5, 0.6) is 0 Å². The topological polar surface area (TPSA) is 4.93 Å². The van der Waals surface area contributed by atoms with Gasteiger partial charge in [0.1, 0.15) is 0 Å². The van der Waals surface area contributed by atoms with Crippen molar-refractivity contribution in [2.75, 3.05) is 0 Å². The Morgan fingerprint density at radius 3 is 2.14 bits per heavy atom. The van der Waals surface area contributed by atoms with E-state index < -0.39 is 18.4 Å². The Morgan fingerprint density at radius 1 is 0.905 bits per heavy atom. The normalized spacial score (nSPS) is 12.4. The van der Waals surface area contributed by atoms with Gasteiger partial charge in [-0.3, -0.25) is 0 Å². The second kappa shape index (κ2) is 5.35. The molecule has 0 saturated heterocycles. The average molecular weight is 386 g/mol. The molecule has 0 spiro atoms. The summed E-state index contributed by atoms with van der Waals surface area (Å²) in [6.07, 6.45) is 1.18. The van der Waals surface area contributed by atoms with Crippen LogP contribution in [0.4, 0.5) is 0 Å². The summed E-state index contributed by atoms with van der Waals surface area (Å²) in [5.41, 5.74) is 4.17. The fourth-order valence-electron chi connectivity index (χ4n) is 3.14. The molecule has 0 saturated carbocycles. The molecule has 0 aliphatic carbocycles. The summed E-state index contributed by atoms with van der Waals surface area (Å²) in [5, 5.41) is 2.82. The number of nitrogens with zero attached hydrogens (tertiary/aromatic N) is 1. The van der Waals surface area contributed by atoms with Gasteiger partial charge >= 0.3 is 132 Å². The fraction of sp³-hybridized carbons (Fsp3) is 0.368. The Hall–Kier alpha value is -0.961. The van der Waals surface area contributed by atoms with Gasteiger partial charge in [0.05, 0.1) is 0 Å². The summed E-state index contributed by atoms with van der Waals surface area (Å²) < 4.78 is 4.15. The van der Waals surface area contributed by atoms with E-state index in [-0.39, 0.29) is 0 Å². The van der Waals surface area contributed by atoms with Crippen molar-refractivity contribution in [1.82, 2.24) is 4.57 Å². The van der Waals surface area contributed by atoms with Gasteiger partial charge in [-0.05, 0) is 0 Å². The van der Waals surface area contributed by atoms with Gasteiger partial charge in [-0.1, -0.05) is 0 Å². The molecule has 2 heteroatoms. The van der Waals surface area contributed by atoms with Crippen molar-refractivity contribution in [3.05, 3.63) is 42.0 Å². The van der Waals surface area contributed by atoms with E-state index in [1.54, 1.807) is 3.58 Å². The third kappa shape index (κ3) is 2.61. The molecule has 0 radical (unpaired) electrons. The van der Waals surface area contributed by atoms with Crippen molar-refractivity contribution in [2.45, 2.75) is 41.6 Å². The van der Waals surface area contributed by atoms with Crippen molar-refractivity contribution >= 4 is 43.8 Å². The van der Waals surface area contributed by atoms with E-state index in [0.717, 1.165) is 6.54 Å². The number of benzene rings is 2. The van der Waals surface area contributed by atoms with Gasteiger partial charge in [-0.2, -0.15) is 0 Å². The van der Waals surface area contributed by atoms with Gasteiger partial charge in [0.15, 0.2) is 0 Å². The minimum atomic E-state index is -2.02. The molecule has 1 aromatic heterocycles. The van der Waals surface area contributed by atoms with Crippen LogP contribution in [-0.4, -0.2) is 22.9 Å². The van der Waals surface area contributed by atoms with Crippen LogP contribution in [-0.2, 0) is 6.54 Å². The first-order chi connectivity index (χ1) is 9.91. The van der Waals surface area contributed by atoms with Crippen LogP contribution in [0.3, 0.4) is 0 Å². The Balaban J connectivity index is 2.39. The first kappa shape index (κ1) is 15.0. The molecule has 0 bridgehead atoms. The Labute approximate surface area is 131 Å². The predicted molar refractivity (Wildman–Crippen MR) is 97.5 cm³/mol. The molecule has 110 valence electrons. The summed E-state index contributed by atoms with van der Waals surface area (Å²) in [7, 11) is 0. The van der Waals surface area contributed by atoms with Crippen LogP contribution in [0.15, 0.2) is 36.4 Å². The predicted octanol–water partition coefficient (Wildman–Crippen LogP) is 5.06. The quantitative estimate of drug-likeness (QED) is 0.555. The summed E-state index contributed by atoms with van der Waals surface area (Å²) in [6, 6.07) is 14.1. The molecule has 0 fully saturated rings. The van der Waals surface area contributed by atoms with Crippen LogP contribution in [0, 0.1) is 6.92 Å². The van der Waals surface area contributed by atoms with Gasteiger partial charge in [-0.15, -0.1) is 0 Å². The van der Waals surface area contributed by atoms with Crippen molar-refractivity contribution in [3.63, 3.8) is 0 Å². The number of rotatable bonds is 3. The Bertz CT molecular complexity index is 806. The number of hydrogen-bond donors (Lipinski definition) is 0. The van der Waals surface area contributed by atoms with E-state index in [1.165, 1.54) is 33.8 Å². The average Bonchev–Trinajstić information content (AvgIpc) is 2.72. The molecule has 0 aliphatic rings. The van der Waals surface area contributed by atoms with E-state index in [0.29, 0.717) is 0 Å². The van der Waals surface area contributed by atoms with E-state index >= 15 is 0 Å². The van der Waals surface area contributed by atoms with E-state index in [9.17, 15) is 0 Å². The Morgan fingerprint density at radius 2 is 1.52 bits per heavy atom. The molecule has 0 N–H and O–H groups in total. The maximum absolute atomic E-state index is 2.53. The molecule has 0 atom stereocenters. The number of hydrogen-bond acceptors (Lipinski definition) is 0. The maximum atomic E-state index is 2.53. The molecule has 0 unspecified atom stereocenters. The standard InChI is InChI=1S/C16H16N.3CH3.Sn/c1-3-10-17-15-7-5-4-6-13(15)14-9-8-12(2)11-16(14)17;;;;/h4,6-9,11H,3,10H2,1-2H3;3*1H3;. The molecule has 1 heterocycles. The van der Waals surface area contributed by atoms with Crippen LogP contribution in [0.1, 0.15) is 18.9 Å². The minimum absolute atomic E-state index is 1.10. The summed E-state index contributed by atoms with van der Waals surface area (Å²) in [6.45, 7) is 5.55. The molecule has 0 amide bonds. The second-order valence-corrected chi connectivity index (χ2v) is 21.6. The molecule has 2 aromatic carbocycles. The zero-order valence-electron chi connectivity index (χ0n) is 13.8. The van der Waals surface area contributed by atoms with Crippen molar-refractivity contribution < 1.29 is 0 Å². The van der Waals surface area contributed by atoms with Crippen molar-refractivity contribution in [2.24, 2.45) is 0 Å². The SMILES string of the molecule is CCCn1c2cc(C)ccc2c2cc[c]([Sn]([CH3])([CH3])[CH3])cc21. The van der Waals surface area contributed by atoms with Crippen LogP contribution in [0.2, 0.25) is 14.8 Å². The van der Waals surface area contributed by atoms with Crippen molar-refractivity contribution in [3.8, 4) is 0 Å². The molecule has 1 nitrogen and oxygen atoms in total. The van der Waals surface area contributed by atoms with Gasteiger partial charge in [-0.25, -0.2) is 0 Å². The van der Waals surface area contributed by atoms with Crippen LogP contribution >= 0.6 is 0 Å². The van der Waals surface area contributed by atoms with Crippen molar-refractivity contribution in [1.29, 1.82) is 0 Å². The molecule has 3 aromatic rings.